The molecule has 0 bridgehead atoms. The van der Waals surface area contributed by atoms with Gasteiger partial charge in [-0.05, 0) is 39.2 Å². The van der Waals surface area contributed by atoms with Crippen LogP contribution in [-0.2, 0) is 6.54 Å². The fraction of sp³-hybridized carbons (Fsp3) is 0.500. The lowest BCUT2D eigenvalue weighted by Gasteiger charge is -2.27. The first kappa shape index (κ1) is 18.0. The van der Waals surface area contributed by atoms with E-state index in [-0.39, 0.29) is 6.61 Å². The van der Waals surface area contributed by atoms with Crippen LogP contribution in [0.25, 0.3) is 0 Å². The summed E-state index contributed by atoms with van der Waals surface area (Å²) in [5, 5.41) is 13.5. The first-order valence-corrected chi connectivity index (χ1v) is 7.56. The molecular weight excluding hydrogens is 332 g/mol. The number of rotatable bonds is 8. The van der Waals surface area contributed by atoms with Gasteiger partial charge in [0.2, 0.25) is 0 Å². The van der Waals surface area contributed by atoms with Gasteiger partial charge in [-0.3, -0.25) is 0 Å². The fourth-order valence-corrected chi connectivity index (χ4v) is 2.56. The smallest absolute Gasteiger partial charge is 0.148 e. The maximum atomic E-state index is 10.3. The molecule has 1 unspecified atom stereocenters. The quantitative estimate of drug-likeness (QED) is 0.699. The lowest BCUT2D eigenvalue weighted by Crippen LogP contribution is -2.45. The minimum absolute atomic E-state index is 0.243. The third kappa shape index (κ3) is 6.96. The fourth-order valence-electron chi connectivity index (χ4n) is 2.15. The highest BCUT2D eigenvalue weighted by molar-refractivity contribution is 9.10. The standard InChI is InChI=1S/C16H23BrN2O2/c1-5-8-21-15-7-6-14(17)9-13(15)10-18-11-16(2,20)12-19(3)4/h1,6-7,9,18,20H,8,10-12H2,2-4H3. The van der Waals surface area contributed by atoms with E-state index in [2.05, 4.69) is 27.2 Å². The monoisotopic (exact) mass is 354 g/mol. The van der Waals surface area contributed by atoms with Gasteiger partial charge in [0.1, 0.15) is 12.4 Å². The van der Waals surface area contributed by atoms with Crippen LogP contribution in [-0.4, -0.2) is 49.4 Å². The SMILES string of the molecule is C#CCOc1ccc(Br)cc1CNCC(C)(O)CN(C)C. The highest BCUT2D eigenvalue weighted by Gasteiger charge is 2.20. The summed E-state index contributed by atoms with van der Waals surface area (Å²) in [5.74, 6) is 3.22. The van der Waals surface area contributed by atoms with Crippen LogP contribution >= 0.6 is 15.9 Å². The summed E-state index contributed by atoms with van der Waals surface area (Å²) in [6, 6.07) is 5.79. The maximum absolute atomic E-state index is 10.3. The van der Waals surface area contributed by atoms with Crippen molar-refractivity contribution in [1.82, 2.24) is 10.2 Å². The zero-order chi connectivity index (χ0) is 15.9. The van der Waals surface area contributed by atoms with Gasteiger partial charge in [0.15, 0.2) is 0 Å². The van der Waals surface area contributed by atoms with Crippen LogP contribution in [0.1, 0.15) is 12.5 Å². The zero-order valence-corrected chi connectivity index (χ0v) is 14.4. The normalized spacial score (nSPS) is 13.8. The van der Waals surface area contributed by atoms with Crippen LogP contribution in [0.2, 0.25) is 0 Å². The van der Waals surface area contributed by atoms with Gasteiger partial charge in [0, 0.05) is 29.7 Å². The van der Waals surface area contributed by atoms with Crippen molar-refractivity contribution in [3.05, 3.63) is 28.2 Å². The first-order valence-electron chi connectivity index (χ1n) is 6.76. The number of hydrogen-bond donors (Lipinski definition) is 2. The van der Waals surface area contributed by atoms with E-state index in [1.165, 1.54) is 0 Å². The number of halogens is 1. The Morgan fingerprint density at radius 3 is 2.81 bits per heavy atom. The second-order valence-electron chi connectivity index (χ2n) is 5.58. The second-order valence-corrected chi connectivity index (χ2v) is 6.50. The van der Waals surface area contributed by atoms with Gasteiger partial charge in [0.05, 0.1) is 5.60 Å². The van der Waals surface area contributed by atoms with Gasteiger partial charge in [-0.1, -0.05) is 21.9 Å². The second kappa shape index (κ2) is 8.40. The Morgan fingerprint density at radius 2 is 2.19 bits per heavy atom. The van der Waals surface area contributed by atoms with Crippen molar-refractivity contribution in [3.63, 3.8) is 0 Å². The molecule has 0 saturated carbocycles. The molecule has 1 atom stereocenters. The van der Waals surface area contributed by atoms with Gasteiger partial charge < -0.3 is 20.1 Å². The van der Waals surface area contributed by atoms with Crippen molar-refractivity contribution < 1.29 is 9.84 Å². The molecule has 1 aromatic rings. The molecule has 2 N–H and O–H groups in total. The lowest BCUT2D eigenvalue weighted by atomic mass is 10.1. The van der Waals surface area contributed by atoms with Crippen LogP contribution in [0.5, 0.6) is 5.75 Å². The van der Waals surface area contributed by atoms with Crippen molar-refractivity contribution in [2.75, 3.05) is 33.8 Å². The predicted molar refractivity (Wildman–Crippen MR) is 89.4 cm³/mol. The highest BCUT2D eigenvalue weighted by Crippen LogP contribution is 2.23. The summed E-state index contributed by atoms with van der Waals surface area (Å²) in [4.78, 5) is 1.96. The number of nitrogens with zero attached hydrogens (tertiary/aromatic N) is 1. The van der Waals surface area contributed by atoms with Crippen LogP contribution in [0, 0.1) is 12.3 Å². The van der Waals surface area contributed by atoms with Gasteiger partial charge in [-0.2, -0.15) is 0 Å². The van der Waals surface area contributed by atoms with E-state index < -0.39 is 5.60 Å². The third-order valence-corrected chi connectivity index (χ3v) is 3.30. The molecule has 116 valence electrons. The van der Waals surface area contributed by atoms with Gasteiger partial charge in [-0.25, -0.2) is 0 Å². The number of nitrogens with one attached hydrogen (secondary N) is 1. The number of likely N-dealkylation sites (N-methyl/N-ethyl adjacent to an activating group) is 1. The molecule has 0 aliphatic carbocycles. The van der Waals surface area contributed by atoms with Crippen LogP contribution in [0.3, 0.4) is 0 Å². The first-order chi connectivity index (χ1) is 9.84. The number of aliphatic hydroxyl groups is 1. The van der Waals surface area contributed by atoms with Crippen LogP contribution < -0.4 is 10.1 Å². The Balaban J connectivity index is 2.62. The third-order valence-electron chi connectivity index (χ3n) is 2.81. The Hall–Kier alpha value is -1.06. The van der Waals surface area contributed by atoms with Crippen LogP contribution in [0.4, 0.5) is 0 Å². The summed E-state index contributed by atoms with van der Waals surface area (Å²) < 4.78 is 6.50. The molecule has 0 spiro atoms. The molecule has 0 amide bonds. The summed E-state index contributed by atoms with van der Waals surface area (Å²) >= 11 is 3.45. The summed E-state index contributed by atoms with van der Waals surface area (Å²) in [5.41, 5.74) is 0.218. The molecule has 0 radical (unpaired) electrons. The molecule has 1 aromatic carbocycles. The maximum Gasteiger partial charge on any atom is 0.148 e. The zero-order valence-electron chi connectivity index (χ0n) is 12.8. The Kier molecular flexibility index (Phi) is 7.20. The Labute approximate surface area is 135 Å². The molecule has 5 heteroatoms. The van der Waals surface area contributed by atoms with Crippen molar-refractivity contribution in [3.8, 4) is 18.1 Å². The van der Waals surface area contributed by atoms with Crippen molar-refractivity contribution >= 4 is 15.9 Å². The molecule has 0 aliphatic rings. The number of ether oxygens (including phenoxy) is 1. The average molecular weight is 355 g/mol. The van der Waals surface area contributed by atoms with E-state index in [0.717, 1.165) is 15.8 Å². The van der Waals surface area contributed by atoms with Gasteiger partial charge >= 0.3 is 0 Å². The Morgan fingerprint density at radius 1 is 1.48 bits per heavy atom. The molecule has 0 heterocycles. The summed E-state index contributed by atoms with van der Waals surface area (Å²) in [6.07, 6.45) is 5.22. The van der Waals surface area contributed by atoms with Gasteiger partial charge in [-0.15, -0.1) is 6.42 Å². The van der Waals surface area contributed by atoms with E-state index in [1.807, 2.05) is 44.1 Å². The largest absolute Gasteiger partial charge is 0.481 e. The molecular formula is C16H23BrN2O2. The molecule has 0 saturated heterocycles. The van der Waals surface area contributed by atoms with Crippen molar-refractivity contribution in [1.29, 1.82) is 0 Å². The molecule has 0 fully saturated rings. The molecule has 4 nitrogen and oxygen atoms in total. The van der Waals surface area contributed by atoms with Crippen LogP contribution in [0.15, 0.2) is 22.7 Å². The summed E-state index contributed by atoms with van der Waals surface area (Å²) in [7, 11) is 3.88. The molecule has 0 aromatic heterocycles. The Bertz CT molecular complexity index is 496. The topological polar surface area (TPSA) is 44.7 Å². The van der Waals surface area contributed by atoms with Crippen molar-refractivity contribution in [2.45, 2.75) is 19.1 Å². The number of hydrogen-bond acceptors (Lipinski definition) is 4. The average Bonchev–Trinajstić information content (AvgIpc) is 2.36. The van der Waals surface area contributed by atoms with E-state index in [1.54, 1.807) is 0 Å². The van der Waals surface area contributed by atoms with E-state index in [4.69, 9.17) is 11.2 Å². The van der Waals surface area contributed by atoms with E-state index >= 15 is 0 Å². The van der Waals surface area contributed by atoms with E-state index in [9.17, 15) is 5.11 Å². The molecule has 21 heavy (non-hydrogen) atoms. The lowest BCUT2D eigenvalue weighted by molar-refractivity contribution is 0.0335. The van der Waals surface area contributed by atoms with Gasteiger partial charge in [0.25, 0.3) is 0 Å². The minimum atomic E-state index is -0.782. The molecule has 0 aliphatic heterocycles. The van der Waals surface area contributed by atoms with E-state index in [0.29, 0.717) is 19.6 Å². The highest BCUT2D eigenvalue weighted by atomic mass is 79.9. The predicted octanol–water partition coefficient (Wildman–Crippen LogP) is 1.86. The number of terminal acetylenes is 1. The number of benzene rings is 1. The molecule has 1 rings (SSSR count). The summed E-state index contributed by atoms with van der Waals surface area (Å²) in [6.45, 7) is 3.75. The van der Waals surface area contributed by atoms with Crippen molar-refractivity contribution in [2.24, 2.45) is 0 Å². The minimum Gasteiger partial charge on any atom is -0.481 e.